The molecule has 186 valence electrons. The van der Waals surface area contributed by atoms with Gasteiger partial charge in [0.2, 0.25) is 15.9 Å². The number of nitrogens with zero attached hydrogens (tertiary/aromatic N) is 2. The Morgan fingerprint density at radius 3 is 2.60 bits per heavy atom. The molecule has 3 aromatic rings. The number of fused-ring (bicyclic) bond motifs is 1. The highest BCUT2D eigenvalue weighted by Crippen LogP contribution is 2.24. The molecule has 4 rings (SSSR count). The van der Waals surface area contributed by atoms with E-state index in [1.807, 2.05) is 24.3 Å². The molecule has 1 saturated heterocycles. The number of hydrogen-bond donors (Lipinski definition) is 2. The molecule has 8 nitrogen and oxygen atoms in total. The molecule has 2 aromatic carbocycles. The maximum absolute atomic E-state index is 12.7. The summed E-state index contributed by atoms with van der Waals surface area (Å²) in [7, 11) is -3.50. The van der Waals surface area contributed by atoms with Crippen LogP contribution in [0.1, 0.15) is 18.4 Å². The number of carbonyl (C=O) groups excluding carboxylic acids is 1. The predicted octanol–water partition coefficient (Wildman–Crippen LogP) is 3.46. The first-order valence-electron chi connectivity index (χ1n) is 11.7. The van der Waals surface area contributed by atoms with Gasteiger partial charge in [0.15, 0.2) is 0 Å². The number of amides is 1. The largest absolute Gasteiger partial charge is 0.384 e. The maximum atomic E-state index is 12.7. The summed E-state index contributed by atoms with van der Waals surface area (Å²) in [5, 5.41) is 7.98. The summed E-state index contributed by atoms with van der Waals surface area (Å²) in [4.78, 5) is 16.8. The Hall–Kier alpha value is -2.72. The van der Waals surface area contributed by atoms with Crippen LogP contribution < -0.4 is 10.6 Å². The number of morpholine rings is 1. The minimum atomic E-state index is -3.50. The van der Waals surface area contributed by atoms with Crippen molar-refractivity contribution in [3.05, 3.63) is 65.3 Å². The van der Waals surface area contributed by atoms with Crippen LogP contribution >= 0.6 is 11.6 Å². The molecule has 0 aliphatic carbocycles. The lowest BCUT2D eigenvalue weighted by Crippen LogP contribution is -2.40. The molecule has 0 spiro atoms. The van der Waals surface area contributed by atoms with Crippen molar-refractivity contribution in [2.24, 2.45) is 0 Å². The first-order chi connectivity index (χ1) is 16.9. The highest BCUT2D eigenvalue weighted by Gasteiger charge is 2.26. The number of pyridine rings is 1. The minimum Gasteiger partial charge on any atom is -0.384 e. The van der Waals surface area contributed by atoms with E-state index in [-0.39, 0.29) is 10.8 Å². The molecule has 1 amide bonds. The van der Waals surface area contributed by atoms with Crippen LogP contribution in [0.25, 0.3) is 10.9 Å². The number of aromatic nitrogens is 1. The van der Waals surface area contributed by atoms with E-state index in [1.54, 1.807) is 30.5 Å². The van der Waals surface area contributed by atoms with Gasteiger partial charge in [-0.3, -0.25) is 9.78 Å². The Morgan fingerprint density at radius 2 is 1.83 bits per heavy atom. The van der Waals surface area contributed by atoms with E-state index in [2.05, 4.69) is 15.6 Å². The molecule has 1 aromatic heterocycles. The van der Waals surface area contributed by atoms with Crippen LogP contribution in [0.3, 0.4) is 0 Å². The van der Waals surface area contributed by atoms with Crippen molar-refractivity contribution in [3.63, 3.8) is 0 Å². The van der Waals surface area contributed by atoms with Gasteiger partial charge in [-0.1, -0.05) is 23.7 Å². The van der Waals surface area contributed by atoms with Crippen LogP contribution in [0.2, 0.25) is 5.02 Å². The van der Waals surface area contributed by atoms with Gasteiger partial charge in [0.25, 0.3) is 0 Å². The molecule has 1 aliphatic heterocycles. The summed E-state index contributed by atoms with van der Waals surface area (Å²) in [6.45, 7) is 2.84. The smallest absolute Gasteiger partial charge is 0.243 e. The van der Waals surface area contributed by atoms with Gasteiger partial charge < -0.3 is 15.4 Å². The highest BCUT2D eigenvalue weighted by molar-refractivity contribution is 7.89. The van der Waals surface area contributed by atoms with Gasteiger partial charge in [0.05, 0.1) is 23.6 Å². The van der Waals surface area contributed by atoms with E-state index >= 15 is 0 Å². The Balaban J connectivity index is 1.17. The molecule has 35 heavy (non-hydrogen) atoms. The van der Waals surface area contributed by atoms with Crippen LogP contribution in [0, 0.1) is 0 Å². The molecule has 0 bridgehead atoms. The quantitative estimate of drug-likeness (QED) is 0.400. The van der Waals surface area contributed by atoms with E-state index in [0.717, 1.165) is 28.6 Å². The molecular formula is C25H29ClN4O4S. The number of hydrogen-bond acceptors (Lipinski definition) is 6. The summed E-state index contributed by atoms with van der Waals surface area (Å²) in [6.07, 6.45) is 3.41. The van der Waals surface area contributed by atoms with Crippen LogP contribution in [-0.2, 0) is 26.0 Å². The standard InChI is InChI=1S/C25H29ClN4O4S/c26-20-5-8-22-23(10-13-28-24(22)18-20)27-11-1-12-29-25(31)9-4-19-2-6-21(7-3-19)35(32,33)30-14-16-34-17-15-30/h2-3,5-8,10,13,18H,1,4,9,11-12,14-17H2,(H,27,28)(H,29,31). The monoisotopic (exact) mass is 516 g/mol. The van der Waals surface area contributed by atoms with Gasteiger partial charge in [-0.2, -0.15) is 4.31 Å². The molecule has 0 unspecified atom stereocenters. The lowest BCUT2D eigenvalue weighted by Gasteiger charge is -2.26. The Bertz CT molecular complexity index is 1260. The van der Waals surface area contributed by atoms with Crippen LogP contribution in [0.5, 0.6) is 0 Å². The number of carbonyl (C=O) groups is 1. The topological polar surface area (TPSA) is 101 Å². The summed E-state index contributed by atoms with van der Waals surface area (Å²) >= 11 is 6.03. The fraction of sp³-hybridized carbons (Fsp3) is 0.360. The van der Waals surface area contributed by atoms with E-state index < -0.39 is 10.0 Å². The first-order valence-corrected chi connectivity index (χ1v) is 13.5. The molecule has 1 aliphatic rings. The van der Waals surface area contributed by atoms with E-state index in [1.165, 1.54) is 4.31 Å². The van der Waals surface area contributed by atoms with Crippen molar-refractivity contribution >= 4 is 44.1 Å². The van der Waals surface area contributed by atoms with Gasteiger partial charge in [-0.05, 0) is 54.8 Å². The van der Waals surface area contributed by atoms with Gasteiger partial charge >= 0.3 is 0 Å². The molecular weight excluding hydrogens is 488 g/mol. The number of rotatable bonds is 10. The summed E-state index contributed by atoms with van der Waals surface area (Å²) in [5.41, 5.74) is 2.74. The fourth-order valence-electron chi connectivity index (χ4n) is 3.93. The first kappa shape index (κ1) is 25.4. The number of halogens is 1. The number of nitrogens with one attached hydrogen (secondary N) is 2. The Morgan fingerprint density at radius 1 is 1.06 bits per heavy atom. The van der Waals surface area contributed by atoms with E-state index in [0.29, 0.717) is 57.3 Å². The van der Waals surface area contributed by atoms with Crippen LogP contribution in [0.4, 0.5) is 5.69 Å². The molecule has 2 heterocycles. The Labute approximate surface area is 210 Å². The molecule has 0 atom stereocenters. The van der Waals surface area contributed by atoms with Crippen molar-refractivity contribution in [2.75, 3.05) is 44.7 Å². The zero-order valence-electron chi connectivity index (χ0n) is 19.4. The second-order valence-corrected chi connectivity index (χ2v) is 10.7. The molecule has 0 radical (unpaired) electrons. The molecule has 1 fully saturated rings. The third kappa shape index (κ3) is 6.70. The number of anilines is 1. The summed E-state index contributed by atoms with van der Waals surface area (Å²) in [5.74, 6) is -0.0287. The second-order valence-electron chi connectivity index (χ2n) is 8.31. The molecule has 2 N–H and O–H groups in total. The second kappa shape index (κ2) is 11.8. The van der Waals surface area contributed by atoms with Gasteiger partial charge in [0.1, 0.15) is 0 Å². The van der Waals surface area contributed by atoms with Gasteiger partial charge in [0, 0.05) is 54.9 Å². The van der Waals surface area contributed by atoms with Gasteiger partial charge in [-0.25, -0.2) is 8.42 Å². The number of aryl methyl sites for hydroxylation is 1. The summed E-state index contributed by atoms with van der Waals surface area (Å²) < 4.78 is 32.1. The van der Waals surface area contributed by atoms with Gasteiger partial charge in [-0.15, -0.1) is 0 Å². The molecule has 0 saturated carbocycles. The SMILES string of the molecule is O=C(CCc1ccc(S(=O)(=O)N2CCOCC2)cc1)NCCCNc1ccnc2cc(Cl)ccc12. The average molecular weight is 517 g/mol. The predicted molar refractivity (Wildman–Crippen MR) is 137 cm³/mol. The van der Waals surface area contributed by atoms with Crippen molar-refractivity contribution in [2.45, 2.75) is 24.2 Å². The lowest BCUT2D eigenvalue weighted by molar-refractivity contribution is -0.121. The number of ether oxygens (including phenoxy) is 1. The third-order valence-electron chi connectivity index (χ3n) is 5.87. The summed E-state index contributed by atoms with van der Waals surface area (Å²) in [6, 6.07) is 14.3. The van der Waals surface area contributed by atoms with Crippen molar-refractivity contribution < 1.29 is 17.9 Å². The number of benzene rings is 2. The van der Waals surface area contributed by atoms with E-state index in [4.69, 9.17) is 16.3 Å². The normalized spacial score (nSPS) is 14.7. The zero-order chi connectivity index (χ0) is 24.7. The Kier molecular flexibility index (Phi) is 8.56. The van der Waals surface area contributed by atoms with Crippen molar-refractivity contribution in [3.8, 4) is 0 Å². The van der Waals surface area contributed by atoms with Crippen LogP contribution in [-0.4, -0.2) is 63.0 Å². The zero-order valence-corrected chi connectivity index (χ0v) is 20.9. The fourth-order valence-corrected chi connectivity index (χ4v) is 5.50. The van der Waals surface area contributed by atoms with Crippen molar-refractivity contribution in [1.82, 2.24) is 14.6 Å². The maximum Gasteiger partial charge on any atom is 0.243 e. The number of sulfonamides is 1. The van der Waals surface area contributed by atoms with Crippen LogP contribution in [0.15, 0.2) is 59.6 Å². The lowest BCUT2D eigenvalue weighted by atomic mass is 10.1. The van der Waals surface area contributed by atoms with Crippen molar-refractivity contribution in [1.29, 1.82) is 0 Å². The third-order valence-corrected chi connectivity index (χ3v) is 8.02. The molecule has 10 heteroatoms. The highest BCUT2D eigenvalue weighted by atomic mass is 35.5. The average Bonchev–Trinajstić information content (AvgIpc) is 2.88. The minimum absolute atomic E-state index is 0.0287. The van der Waals surface area contributed by atoms with E-state index in [9.17, 15) is 13.2 Å².